The minimum atomic E-state index is -3.63. The van der Waals surface area contributed by atoms with Crippen LogP contribution in [0.5, 0.6) is 5.75 Å². The number of benzene rings is 1. The fourth-order valence-electron chi connectivity index (χ4n) is 2.03. The summed E-state index contributed by atoms with van der Waals surface area (Å²) < 4.78 is 32.5. The molecule has 19 heavy (non-hydrogen) atoms. The molecule has 0 aromatic heterocycles. The maximum Gasteiger partial charge on any atom is 0.244 e. The number of nitrogens with one attached hydrogen (secondary N) is 1. The standard InChI is InChI=1S/C13H19NO4S/c1-9(11-4-5-11)14-19(16,17)13-7-10(8-15)3-6-12(13)18-2/h3,6-7,9,11,14-15H,4-5,8H2,1-2H3. The molecule has 0 radical (unpaired) electrons. The first-order valence-electron chi connectivity index (χ1n) is 6.28. The van der Waals surface area contributed by atoms with E-state index in [9.17, 15) is 8.42 Å². The summed E-state index contributed by atoms with van der Waals surface area (Å²) in [6.45, 7) is 1.67. The Morgan fingerprint density at radius 2 is 2.16 bits per heavy atom. The highest BCUT2D eigenvalue weighted by Crippen LogP contribution is 2.33. The number of hydrogen-bond acceptors (Lipinski definition) is 4. The predicted octanol–water partition coefficient (Wildman–Crippen LogP) is 1.26. The summed E-state index contributed by atoms with van der Waals surface area (Å²) >= 11 is 0. The van der Waals surface area contributed by atoms with Crippen LogP contribution in [0.2, 0.25) is 0 Å². The van der Waals surface area contributed by atoms with Crippen molar-refractivity contribution < 1.29 is 18.3 Å². The summed E-state index contributed by atoms with van der Waals surface area (Å²) in [5.74, 6) is 0.717. The Kier molecular flexibility index (Phi) is 4.13. The van der Waals surface area contributed by atoms with Gasteiger partial charge in [0.2, 0.25) is 10.0 Å². The third-order valence-electron chi connectivity index (χ3n) is 3.37. The first kappa shape index (κ1) is 14.3. The molecule has 106 valence electrons. The highest BCUT2D eigenvalue weighted by Gasteiger charge is 2.32. The van der Waals surface area contributed by atoms with Crippen LogP contribution in [0.25, 0.3) is 0 Å². The lowest BCUT2D eigenvalue weighted by molar-refractivity contribution is 0.281. The number of ether oxygens (including phenoxy) is 1. The zero-order valence-electron chi connectivity index (χ0n) is 11.1. The molecule has 0 bridgehead atoms. The Morgan fingerprint density at radius 3 is 2.68 bits per heavy atom. The van der Waals surface area contributed by atoms with Crippen molar-refractivity contribution in [1.29, 1.82) is 0 Å². The zero-order chi connectivity index (χ0) is 14.0. The van der Waals surface area contributed by atoms with Gasteiger partial charge in [0, 0.05) is 6.04 Å². The van der Waals surface area contributed by atoms with E-state index < -0.39 is 10.0 Å². The van der Waals surface area contributed by atoms with E-state index in [-0.39, 0.29) is 23.3 Å². The van der Waals surface area contributed by atoms with Gasteiger partial charge in [-0.15, -0.1) is 0 Å². The van der Waals surface area contributed by atoms with Crippen molar-refractivity contribution in [1.82, 2.24) is 4.72 Å². The second kappa shape index (κ2) is 5.48. The molecule has 2 N–H and O–H groups in total. The normalized spacial score (nSPS) is 17.2. The third-order valence-corrected chi connectivity index (χ3v) is 4.95. The maximum absolute atomic E-state index is 12.3. The molecule has 0 spiro atoms. The Bertz CT molecular complexity index is 552. The number of methoxy groups -OCH3 is 1. The van der Waals surface area contributed by atoms with Crippen LogP contribution in [0.15, 0.2) is 23.1 Å². The van der Waals surface area contributed by atoms with Crippen LogP contribution in [-0.4, -0.2) is 26.7 Å². The molecule has 1 saturated carbocycles. The number of sulfonamides is 1. The Morgan fingerprint density at radius 1 is 1.47 bits per heavy atom. The lowest BCUT2D eigenvalue weighted by Gasteiger charge is -2.16. The van der Waals surface area contributed by atoms with Crippen molar-refractivity contribution in [2.45, 2.75) is 37.3 Å². The van der Waals surface area contributed by atoms with E-state index in [1.807, 2.05) is 6.92 Å². The summed E-state index contributed by atoms with van der Waals surface area (Å²) in [6, 6.07) is 4.57. The Balaban J connectivity index is 2.31. The van der Waals surface area contributed by atoms with Crippen LogP contribution in [-0.2, 0) is 16.6 Å². The molecule has 1 fully saturated rings. The van der Waals surface area contributed by atoms with Crippen molar-refractivity contribution >= 4 is 10.0 Å². The van der Waals surface area contributed by atoms with Crippen LogP contribution in [0.3, 0.4) is 0 Å². The van der Waals surface area contributed by atoms with E-state index in [4.69, 9.17) is 9.84 Å². The maximum atomic E-state index is 12.3. The highest BCUT2D eigenvalue weighted by molar-refractivity contribution is 7.89. The van der Waals surface area contributed by atoms with Crippen molar-refractivity contribution in [2.75, 3.05) is 7.11 Å². The first-order valence-corrected chi connectivity index (χ1v) is 7.76. The topological polar surface area (TPSA) is 75.6 Å². The average molecular weight is 285 g/mol. The van der Waals surface area contributed by atoms with Crippen LogP contribution in [0, 0.1) is 5.92 Å². The molecule has 1 aromatic rings. The number of rotatable bonds is 6. The molecular weight excluding hydrogens is 266 g/mol. The molecule has 0 aliphatic heterocycles. The quantitative estimate of drug-likeness (QED) is 0.825. The first-order chi connectivity index (χ1) is 8.97. The fourth-order valence-corrected chi connectivity index (χ4v) is 3.56. The van der Waals surface area contributed by atoms with Crippen molar-refractivity contribution in [3.63, 3.8) is 0 Å². The van der Waals surface area contributed by atoms with Crippen molar-refractivity contribution in [3.8, 4) is 5.75 Å². The Hall–Kier alpha value is -1.11. The summed E-state index contributed by atoms with van der Waals surface area (Å²) in [5, 5.41) is 9.12. The second-order valence-electron chi connectivity index (χ2n) is 4.89. The summed E-state index contributed by atoms with van der Waals surface area (Å²) in [4.78, 5) is 0.0778. The zero-order valence-corrected chi connectivity index (χ0v) is 11.9. The molecule has 5 nitrogen and oxygen atoms in total. The van der Waals surface area contributed by atoms with Gasteiger partial charge in [0.05, 0.1) is 13.7 Å². The van der Waals surface area contributed by atoms with E-state index in [0.717, 1.165) is 12.8 Å². The van der Waals surface area contributed by atoms with Gasteiger partial charge in [-0.2, -0.15) is 0 Å². The molecule has 1 aliphatic rings. The fraction of sp³-hybridized carbons (Fsp3) is 0.538. The molecule has 6 heteroatoms. The van der Waals surface area contributed by atoms with Crippen LogP contribution < -0.4 is 9.46 Å². The molecule has 0 amide bonds. The summed E-state index contributed by atoms with van der Waals surface area (Å²) in [5.41, 5.74) is 0.542. The summed E-state index contributed by atoms with van der Waals surface area (Å²) in [7, 11) is -2.20. The van der Waals surface area contributed by atoms with Crippen LogP contribution >= 0.6 is 0 Å². The van der Waals surface area contributed by atoms with E-state index >= 15 is 0 Å². The molecule has 1 aliphatic carbocycles. The molecular formula is C13H19NO4S. The summed E-state index contributed by atoms with van der Waals surface area (Å²) in [6.07, 6.45) is 2.13. The smallest absolute Gasteiger partial charge is 0.244 e. The van der Waals surface area contributed by atoms with Gasteiger partial charge < -0.3 is 9.84 Å². The number of aliphatic hydroxyl groups is 1. The lowest BCUT2D eigenvalue weighted by atomic mass is 10.2. The van der Waals surface area contributed by atoms with E-state index in [1.54, 1.807) is 12.1 Å². The van der Waals surface area contributed by atoms with Gasteiger partial charge >= 0.3 is 0 Å². The molecule has 1 aromatic carbocycles. The molecule has 2 rings (SSSR count). The minimum absolute atomic E-state index is 0.0764. The SMILES string of the molecule is COc1ccc(CO)cc1S(=O)(=O)NC(C)C1CC1. The van der Waals surface area contributed by atoms with Crippen LogP contribution in [0.4, 0.5) is 0 Å². The van der Waals surface area contributed by atoms with Gasteiger partial charge in [0.15, 0.2) is 0 Å². The number of aliphatic hydroxyl groups excluding tert-OH is 1. The molecule has 0 heterocycles. The van der Waals surface area contributed by atoms with Gasteiger partial charge in [0.1, 0.15) is 10.6 Å². The lowest BCUT2D eigenvalue weighted by Crippen LogP contribution is -2.34. The number of hydrogen-bond donors (Lipinski definition) is 2. The van der Waals surface area contributed by atoms with E-state index in [1.165, 1.54) is 13.2 Å². The van der Waals surface area contributed by atoms with Gasteiger partial charge in [-0.25, -0.2) is 13.1 Å². The second-order valence-corrected chi connectivity index (χ2v) is 6.57. The van der Waals surface area contributed by atoms with Crippen molar-refractivity contribution in [2.24, 2.45) is 5.92 Å². The molecule has 1 unspecified atom stereocenters. The van der Waals surface area contributed by atoms with Crippen LogP contribution in [0.1, 0.15) is 25.3 Å². The van der Waals surface area contributed by atoms with E-state index in [0.29, 0.717) is 11.5 Å². The van der Waals surface area contributed by atoms with Gasteiger partial charge in [-0.3, -0.25) is 0 Å². The Labute approximate surface area is 113 Å². The predicted molar refractivity (Wildman–Crippen MR) is 71.4 cm³/mol. The third kappa shape index (κ3) is 3.26. The average Bonchev–Trinajstić information content (AvgIpc) is 3.21. The molecule has 1 atom stereocenters. The van der Waals surface area contributed by atoms with Crippen molar-refractivity contribution in [3.05, 3.63) is 23.8 Å². The minimum Gasteiger partial charge on any atom is -0.495 e. The van der Waals surface area contributed by atoms with Gasteiger partial charge in [-0.05, 0) is 43.4 Å². The highest BCUT2D eigenvalue weighted by atomic mass is 32.2. The largest absolute Gasteiger partial charge is 0.495 e. The van der Waals surface area contributed by atoms with Gasteiger partial charge in [0.25, 0.3) is 0 Å². The monoisotopic (exact) mass is 285 g/mol. The van der Waals surface area contributed by atoms with E-state index in [2.05, 4.69) is 4.72 Å². The molecule has 0 saturated heterocycles. The van der Waals surface area contributed by atoms with Gasteiger partial charge in [-0.1, -0.05) is 6.07 Å².